The minimum Gasteiger partial charge on any atom is -0.458 e. The third-order valence-corrected chi connectivity index (χ3v) is 5.19. The zero-order chi connectivity index (χ0) is 16.9. The molecule has 1 spiro atoms. The second-order valence-electron chi connectivity index (χ2n) is 6.65. The first-order valence-electron chi connectivity index (χ1n) is 8.51. The van der Waals surface area contributed by atoms with Crippen LogP contribution in [0.1, 0.15) is 34.6 Å². The van der Waals surface area contributed by atoms with Gasteiger partial charge in [-0.1, -0.05) is 54.6 Å². The van der Waals surface area contributed by atoms with E-state index in [9.17, 15) is 4.39 Å². The van der Waals surface area contributed by atoms with E-state index in [1.54, 1.807) is 12.1 Å². The van der Waals surface area contributed by atoms with E-state index in [0.29, 0.717) is 13.0 Å². The van der Waals surface area contributed by atoms with Gasteiger partial charge in [-0.3, -0.25) is 0 Å². The Kier molecular flexibility index (Phi) is 3.19. The van der Waals surface area contributed by atoms with Gasteiger partial charge in [0.05, 0.1) is 6.61 Å². The van der Waals surface area contributed by atoms with E-state index in [0.717, 1.165) is 22.4 Å². The van der Waals surface area contributed by atoms with Crippen LogP contribution in [0.15, 0.2) is 72.8 Å². The summed E-state index contributed by atoms with van der Waals surface area (Å²) < 4.78 is 26.4. The molecule has 25 heavy (non-hydrogen) atoms. The summed E-state index contributed by atoms with van der Waals surface area (Å²) >= 11 is 0. The molecule has 3 aromatic carbocycles. The first kappa shape index (κ1) is 14.7. The smallest absolute Gasteiger partial charge is 0.239 e. The second-order valence-corrected chi connectivity index (χ2v) is 6.65. The Morgan fingerprint density at radius 2 is 1.72 bits per heavy atom. The van der Waals surface area contributed by atoms with Gasteiger partial charge >= 0.3 is 0 Å². The summed E-state index contributed by atoms with van der Waals surface area (Å²) in [4.78, 5) is 0. The van der Waals surface area contributed by atoms with E-state index in [1.807, 2.05) is 36.4 Å². The van der Waals surface area contributed by atoms with Crippen LogP contribution in [0.3, 0.4) is 0 Å². The van der Waals surface area contributed by atoms with Crippen LogP contribution in [-0.4, -0.2) is 0 Å². The Morgan fingerprint density at radius 1 is 0.920 bits per heavy atom. The van der Waals surface area contributed by atoms with Gasteiger partial charge in [-0.05, 0) is 29.3 Å². The van der Waals surface area contributed by atoms with Crippen LogP contribution < -0.4 is 4.74 Å². The summed E-state index contributed by atoms with van der Waals surface area (Å²) in [5.41, 5.74) is 4.16. The molecule has 2 aliphatic rings. The van der Waals surface area contributed by atoms with Gasteiger partial charge < -0.3 is 9.47 Å². The minimum atomic E-state index is -0.924. The molecular weight excluding hydrogens is 315 g/mol. The highest BCUT2D eigenvalue weighted by Gasteiger charge is 2.48. The summed E-state index contributed by atoms with van der Waals surface area (Å²) in [5, 5.41) is 0. The molecule has 2 atom stereocenters. The highest BCUT2D eigenvalue weighted by Crippen LogP contribution is 2.52. The largest absolute Gasteiger partial charge is 0.458 e. The lowest BCUT2D eigenvalue weighted by molar-refractivity contribution is -0.196. The first-order chi connectivity index (χ1) is 12.3. The molecule has 0 saturated heterocycles. The Morgan fingerprint density at radius 3 is 2.60 bits per heavy atom. The van der Waals surface area contributed by atoms with Gasteiger partial charge in [0.2, 0.25) is 5.79 Å². The topological polar surface area (TPSA) is 18.5 Å². The molecule has 5 rings (SSSR count). The van der Waals surface area contributed by atoms with Crippen LogP contribution in [0.25, 0.3) is 0 Å². The van der Waals surface area contributed by atoms with Crippen molar-refractivity contribution in [2.24, 2.45) is 0 Å². The fraction of sp³-hybridized carbons (Fsp3) is 0.182. The molecule has 2 heterocycles. The molecule has 0 aliphatic carbocycles. The Bertz CT molecular complexity index is 938. The van der Waals surface area contributed by atoms with Gasteiger partial charge in [-0.2, -0.15) is 0 Å². The number of halogens is 1. The normalized spacial score (nSPS) is 23.8. The zero-order valence-corrected chi connectivity index (χ0v) is 13.6. The standard InChI is InChI=1S/C22H17FO2/c23-17-11-10-16-14-24-22(20(16)12-17)13-19(15-6-2-1-3-7-15)18-8-4-5-9-21(18)25-22/h1-12,19H,13-14H2/t19-,22+/m0/s1. The molecule has 2 aliphatic heterocycles. The van der Waals surface area contributed by atoms with Gasteiger partial charge in [0.15, 0.2) is 0 Å². The van der Waals surface area contributed by atoms with E-state index in [1.165, 1.54) is 11.6 Å². The van der Waals surface area contributed by atoms with E-state index >= 15 is 0 Å². The molecule has 0 aromatic heterocycles. The Balaban J connectivity index is 1.68. The quantitative estimate of drug-likeness (QED) is 0.615. The van der Waals surface area contributed by atoms with Gasteiger partial charge in [0.25, 0.3) is 0 Å². The second kappa shape index (κ2) is 5.43. The molecule has 0 amide bonds. The first-order valence-corrected chi connectivity index (χ1v) is 8.51. The molecule has 0 saturated carbocycles. The van der Waals surface area contributed by atoms with Crippen molar-refractivity contribution in [2.45, 2.75) is 24.7 Å². The summed E-state index contributed by atoms with van der Waals surface area (Å²) in [6.45, 7) is 0.444. The van der Waals surface area contributed by atoms with Crippen molar-refractivity contribution >= 4 is 0 Å². The Hall–Kier alpha value is -2.65. The van der Waals surface area contributed by atoms with Crippen LogP contribution in [0.2, 0.25) is 0 Å². The molecule has 3 heteroatoms. The maximum atomic E-state index is 13.9. The summed E-state index contributed by atoms with van der Waals surface area (Å²) in [6.07, 6.45) is 0.629. The maximum Gasteiger partial charge on any atom is 0.239 e. The maximum absolute atomic E-state index is 13.9. The van der Waals surface area contributed by atoms with Gasteiger partial charge in [0.1, 0.15) is 11.6 Å². The van der Waals surface area contributed by atoms with Crippen molar-refractivity contribution in [3.8, 4) is 5.75 Å². The average Bonchev–Trinajstić information content (AvgIpc) is 2.99. The van der Waals surface area contributed by atoms with Crippen molar-refractivity contribution in [3.05, 3.63) is 101 Å². The van der Waals surface area contributed by atoms with Crippen molar-refractivity contribution in [1.82, 2.24) is 0 Å². The zero-order valence-electron chi connectivity index (χ0n) is 13.6. The molecule has 0 unspecified atom stereocenters. The van der Waals surface area contributed by atoms with E-state index in [4.69, 9.17) is 9.47 Å². The lowest BCUT2D eigenvalue weighted by atomic mass is 9.81. The molecule has 124 valence electrons. The average molecular weight is 332 g/mol. The van der Waals surface area contributed by atoms with Crippen LogP contribution in [0, 0.1) is 5.82 Å². The molecule has 0 N–H and O–H groups in total. The van der Waals surface area contributed by atoms with Crippen LogP contribution in [0.5, 0.6) is 5.75 Å². The van der Waals surface area contributed by atoms with Crippen LogP contribution in [-0.2, 0) is 17.1 Å². The SMILES string of the molecule is Fc1ccc2c(c1)[C@]1(C[C@@H](c3ccccc3)c3ccccc3O1)OC2. The summed E-state index contributed by atoms with van der Waals surface area (Å²) in [7, 11) is 0. The summed E-state index contributed by atoms with van der Waals surface area (Å²) in [5.74, 6) is -0.242. The van der Waals surface area contributed by atoms with E-state index < -0.39 is 5.79 Å². The number of benzene rings is 3. The van der Waals surface area contributed by atoms with Gasteiger partial charge in [-0.25, -0.2) is 4.39 Å². The number of rotatable bonds is 1. The third kappa shape index (κ3) is 2.27. The molecule has 2 nitrogen and oxygen atoms in total. The highest BCUT2D eigenvalue weighted by molar-refractivity contribution is 5.47. The van der Waals surface area contributed by atoms with E-state index in [-0.39, 0.29) is 11.7 Å². The lowest BCUT2D eigenvalue weighted by Gasteiger charge is -2.39. The fourth-order valence-electron chi connectivity index (χ4n) is 4.00. The lowest BCUT2D eigenvalue weighted by Crippen LogP contribution is -2.38. The third-order valence-electron chi connectivity index (χ3n) is 5.19. The van der Waals surface area contributed by atoms with Gasteiger partial charge in [-0.15, -0.1) is 0 Å². The molecular formula is C22H17FO2. The van der Waals surface area contributed by atoms with Crippen LogP contribution in [0.4, 0.5) is 4.39 Å². The van der Waals surface area contributed by atoms with Crippen molar-refractivity contribution in [3.63, 3.8) is 0 Å². The number of hydrogen-bond donors (Lipinski definition) is 0. The predicted octanol–water partition coefficient (Wildman–Crippen LogP) is 5.12. The number of ether oxygens (including phenoxy) is 2. The molecule has 0 radical (unpaired) electrons. The van der Waals surface area contributed by atoms with Crippen molar-refractivity contribution in [1.29, 1.82) is 0 Å². The number of fused-ring (bicyclic) bond motifs is 3. The minimum absolute atomic E-state index is 0.139. The molecule has 0 fully saturated rings. The van der Waals surface area contributed by atoms with Crippen LogP contribution >= 0.6 is 0 Å². The molecule has 0 bridgehead atoms. The highest BCUT2D eigenvalue weighted by atomic mass is 19.1. The van der Waals surface area contributed by atoms with Crippen molar-refractivity contribution < 1.29 is 13.9 Å². The summed E-state index contributed by atoms with van der Waals surface area (Å²) in [6, 6.07) is 23.2. The number of para-hydroxylation sites is 1. The number of hydrogen-bond acceptors (Lipinski definition) is 2. The van der Waals surface area contributed by atoms with E-state index in [2.05, 4.69) is 18.2 Å². The monoisotopic (exact) mass is 332 g/mol. The fourth-order valence-corrected chi connectivity index (χ4v) is 4.00. The predicted molar refractivity (Wildman–Crippen MR) is 92.8 cm³/mol. The Labute approximate surface area is 145 Å². The van der Waals surface area contributed by atoms with Crippen molar-refractivity contribution in [2.75, 3.05) is 0 Å². The van der Waals surface area contributed by atoms with Gasteiger partial charge in [0, 0.05) is 23.5 Å². The molecule has 3 aromatic rings.